The zero-order chi connectivity index (χ0) is 16.1. The third kappa shape index (κ3) is 3.10. The highest BCUT2D eigenvalue weighted by molar-refractivity contribution is 5.39. The van der Waals surface area contributed by atoms with Gasteiger partial charge in [-0.15, -0.1) is 0 Å². The summed E-state index contributed by atoms with van der Waals surface area (Å²) in [6.07, 6.45) is -0.657. The molecule has 22 heavy (non-hydrogen) atoms. The Balaban J connectivity index is 1.70. The molecular formula is C17H23F2NO2. The third-order valence-corrected chi connectivity index (χ3v) is 4.59. The minimum absolute atomic E-state index is 0.00853. The SMILES string of the molecule is CC(C)(C)N1Cc2ccc(OCC3CC3(F)F)cc2C(O)C1. The first-order valence-electron chi connectivity index (χ1n) is 7.73. The van der Waals surface area contributed by atoms with E-state index in [0.717, 1.165) is 17.7 Å². The van der Waals surface area contributed by atoms with Crippen molar-refractivity contribution in [1.82, 2.24) is 4.90 Å². The molecule has 0 saturated heterocycles. The average molecular weight is 311 g/mol. The Morgan fingerprint density at radius 2 is 2.05 bits per heavy atom. The lowest BCUT2D eigenvalue weighted by molar-refractivity contribution is 0.0372. The summed E-state index contributed by atoms with van der Waals surface area (Å²) in [6, 6.07) is 5.52. The van der Waals surface area contributed by atoms with Crippen molar-refractivity contribution in [1.29, 1.82) is 0 Å². The van der Waals surface area contributed by atoms with Gasteiger partial charge in [-0.25, -0.2) is 8.78 Å². The molecule has 3 nitrogen and oxygen atoms in total. The highest BCUT2D eigenvalue weighted by Gasteiger charge is 2.57. The zero-order valence-corrected chi connectivity index (χ0v) is 13.3. The van der Waals surface area contributed by atoms with E-state index in [4.69, 9.17) is 4.74 Å². The number of benzene rings is 1. The Kier molecular flexibility index (Phi) is 3.68. The van der Waals surface area contributed by atoms with Crippen LogP contribution in [-0.2, 0) is 6.54 Å². The second-order valence-electron chi connectivity index (χ2n) is 7.40. The number of alkyl halides is 2. The number of aliphatic hydroxyl groups excluding tert-OH is 1. The molecular weight excluding hydrogens is 288 g/mol. The van der Waals surface area contributed by atoms with Crippen LogP contribution in [0.3, 0.4) is 0 Å². The molecule has 122 valence electrons. The van der Waals surface area contributed by atoms with Crippen LogP contribution in [0, 0.1) is 5.92 Å². The largest absolute Gasteiger partial charge is 0.493 e. The van der Waals surface area contributed by atoms with Crippen molar-refractivity contribution < 1.29 is 18.6 Å². The Morgan fingerprint density at radius 1 is 1.36 bits per heavy atom. The summed E-state index contributed by atoms with van der Waals surface area (Å²) in [5.41, 5.74) is 1.91. The lowest BCUT2D eigenvalue weighted by Crippen LogP contribution is -2.45. The molecule has 5 heteroatoms. The number of nitrogens with zero attached hydrogens (tertiary/aromatic N) is 1. The van der Waals surface area contributed by atoms with Gasteiger partial charge >= 0.3 is 0 Å². The molecule has 1 aliphatic heterocycles. The van der Waals surface area contributed by atoms with E-state index in [9.17, 15) is 13.9 Å². The number of aliphatic hydroxyl groups is 1. The summed E-state index contributed by atoms with van der Waals surface area (Å²) >= 11 is 0. The molecule has 0 bridgehead atoms. The van der Waals surface area contributed by atoms with Gasteiger partial charge in [-0.1, -0.05) is 6.07 Å². The van der Waals surface area contributed by atoms with Gasteiger partial charge in [0.25, 0.3) is 5.92 Å². The summed E-state index contributed by atoms with van der Waals surface area (Å²) in [5.74, 6) is -2.66. The molecule has 0 radical (unpaired) electrons. The maximum Gasteiger partial charge on any atom is 0.255 e. The van der Waals surface area contributed by atoms with E-state index in [1.165, 1.54) is 0 Å². The van der Waals surface area contributed by atoms with Crippen molar-refractivity contribution in [3.63, 3.8) is 0 Å². The van der Waals surface area contributed by atoms with E-state index in [1.807, 2.05) is 6.07 Å². The lowest BCUT2D eigenvalue weighted by atomic mass is 9.93. The van der Waals surface area contributed by atoms with Gasteiger partial charge in [0.05, 0.1) is 18.6 Å². The van der Waals surface area contributed by atoms with Crippen LogP contribution in [0.15, 0.2) is 18.2 Å². The Morgan fingerprint density at radius 3 is 2.64 bits per heavy atom. The molecule has 1 N–H and O–H groups in total. The summed E-state index contributed by atoms with van der Waals surface area (Å²) in [4.78, 5) is 2.23. The monoisotopic (exact) mass is 311 g/mol. The molecule has 0 amide bonds. The molecule has 3 rings (SSSR count). The van der Waals surface area contributed by atoms with Crippen molar-refractivity contribution in [2.24, 2.45) is 5.92 Å². The fourth-order valence-corrected chi connectivity index (χ4v) is 2.85. The Bertz CT molecular complexity index is 568. The first-order valence-corrected chi connectivity index (χ1v) is 7.73. The molecule has 0 aromatic heterocycles. The van der Waals surface area contributed by atoms with E-state index in [0.29, 0.717) is 12.3 Å². The first-order chi connectivity index (χ1) is 10.2. The smallest absolute Gasteiger partial charge is 0.255 e. The van der Waals surface area contributed by atoms with Crippen LogP contribution in [0.1, 0.15) is 44.4 Å². The number of β-amino-alcohol motifs (C(OH)–C–C–N with tert-alkyl or cyclic N) is 1. The standard InChI is InChI=1S/C17H23F2NO2/c1-16(2,3)20-8-11-4-5-13(6-14(11)15(21)9-20)22-10-12-7-17(12,18)19/h4-6,12,15,21H,7-10H2,1-3H3. The van der Waals surface area contributed by atoms with Crippen LogP contribution in [0.25, 0.3) is 0 Å². The fraction of sp³-hybridized carbons (Fsp3) is 0.647. The second-order valence-corrected chi connectivity index (χ2v) is 7.40. The van der Waals surface area contributed by atoms with Gasteiger partial charge in [0.1, 0.15) is 5.75 Å². The minimum Gasteiger partial charge on any atom is -0.493 e. The number of halogens is 2. The van der Waals surface area contributed by atoms with E-state index in [2.05, 4.69) is 25.7 Å². The molecule has 2 aliphatic rings. The summed E-state index contributed by atoms with van der Waals surface area (Å²) in [6.45, 7) is 7.75. The molecule has 1 aromatic carbocycles. The van der Waals surface area contributed by atoms with Crippen LogP contribution < -0.4 is 4.74 Å². The number of hydrogen-bond acceptors (Lipinski definition) is 3. The van der Waals surface area contributed by atoms with Gasteiger partial charge in [0.2, 0.25) is 0 Å². The van der Waals surface area contributed by atoms with Crippen LogP contribution in [0.2, 0.25) is 0 Å². The third-order valence-electron chi connectivity index (χ3n) is 4.59. The number of hydrogen-bond donors (Lipinski definition) is 1. The van der Waals surface area contributed by atoms with E-state index in [-0.39, 0.29) is 18.6 Å². The van der Waals surface area contributed by atoms with Gasteiger partial charge < -0.3 is 9.84 Å². The van der Waals surface area contributed by atoms with Gasteiger partial charge in [-0.05, 0) is 44.0 Å². The Hall–Kier alpha value is -1.20. The number of ether oxygens (including phenoxy) is 1. The minimum atomic E-state index is -2.55. The normalized spacial score (nSPS) is 27.4. The predicted octanol–water partition coefficient (Wildman–Crippen LogP) is 3.37. The summed E-state index contributed by atoms with van der Waals surface area (Å²) in [5, 5.41) is 10.4. The fourth-order valence-electron chi connectivity index (χ4n) is 2.85. The van der Waals surface area contributed by atoms with Crippen molar-refractivity contribution in [2.45, 2.75) is 51.3 Å². The quantitative estimate of drug-likeness (QED) is 0.929. The molecule has 0 spiro atoms. The molecule has 1 aromatic rings. The number of fused-ring (bicyclic) bond motifs is 1. The molecule has 1 heterocycles. The highest BCUT2D eigenvalue weighted by atomic mass is 19.3. The predicted molar refractivity (Wildman–Crippen MR) is 80.1 cm³/mol. The molecule has 1 aliphatic carbocycles. The highest BCUT2D eigenvalue weighted by Crippen LogP contribution is 2.48. The molecule has 1 fully saturated rings. The van der Waals surface area contributed by atoms with Crippen LogP contribution >= 0.6 is 0 Å². The van der Waals surface area contributed by atoms with E-state index < -0.39 is 17.9 Å². The van der Waals surface area contributed by atoms with Crippen LogP contribution in [-0.4, -0.2) is 34.6 Å². The van der Waals surface area contributed by atoms with Crippen LogP contribution in [0.4, 0.5) is 8.78 Å². The van der Waals surface area contributed by atoms with Gasteiger partial charge in [-0.3, -0.25) is 4.90 Å². The summed E-state index contributed by atoms with van der Waals surface area (Å²) in [7, 11) is 0. The van der Waals surface area contributed by atoms with E-state index >= 15 is 0 Å². The molecule has 1 saturated carbocycles. The molecule has 2 unspecified atom stereocenters. The van der Waals surface area contributed by atoms with Crippen molar-refractivity contribution in [3.05, 3.63) is 29.3 Å². The average Bonchev–Trinajstić information content (AvgIpc) is 3.03. The maximum atomic E-state index is 12.9. The zero-order valence-electron chi connectivity index (χ0n) is 13.3. The van der Waals surface area contributed by atoms with Crippen LogP contribution in [0.5, 0.6) is 5.75 Å². The molecule has 2 atom stereocenters. The second kappa shape index (κ2) is 5.17. The number of rotatable bonds is 3. The summed E-state index contributed by atoms with van der Waals surface area (Å²) < 4.78 is 31.2. The van der Waals surface area contributed by atoms with Crippen molar-refractivity contribution in [3.8, 4) is 5.75 Å². The van der Waals surface area contributed by atoms with Crippen molar-refractivity contribution >= 4 is 0 Å². The van der Waals surface area contributed by atoms with Gasteiger partial charge in [0.15, 0.2) is 0 Å². The Labute approximate surface area is 129 Å². The first kappa shape index (κ1) is 15.7. The lowest BCUT2D eigenvalue weighted by Gasteiger charge is -2.41. The topological polar surface area (TPSA) is 32.7 Å². The van der Waals surface area contributed by atoms with Gasteiger partial charge in [-0.2, -0.15) is 0 Å². The van der Waals surface area contributed by atoms with E-state index in [1.54, 1.807) is 12.1 Å². The van der Waals surface area contributed by atoms with Gasteiger partial charge in [0, 0.05) is 25.0 Å². The van der Waals surface area contributed by atoms with Crippen molar-refractivity contribution in [2.75, 3.05) is 13.2 Å². The maximum absolute atomic E-state index is 12.9.